The predicted molar refractivity (Wildman–Crippen MR) is 68.0 cm³/mol. The standard InChI is InChI=1S/C11H16IN/c1-3-13(8-7-12)11-6-4-5-10(2)9-11/h4-6,9H,3,7-8H2,1-2H3. The fraction of sp³-hybridized carbons (Fsp3) is 0.455. The summed E-state index contributed by atoms with van der Waals surface area (Å²) in [5.41, 5.74) is 2.68. The van der Waals surface area contributed by atoms with Crippen LogP contribution in [0.4, 0.5) is 5.69 Å². The normalized spacial score (nSPS) is 10.1. The molecule has 0 atom stereocenters. The number of alkyl halides is 1. The van der Waals surface area contributed by atoms with Crippen LogP contribution >= 0.6 is 22.6 Å². The fourth-order valence-corrected chi connectivity index (χ4v) is 1.98. The van der Waals surface area contributed by atoms with Crippen molar-refractivity contribution in [2.45, 2.75) is 13.8 Å². The maximum Gasteiger partial charge on any atom is 0.0368 e. The van der Waals surface area contributed by atoms with Crippen LogP contribution in [0.5, 0.6) is 0 Å². The van der Waals surface area contributed by atoms with Crippen LogP contribution in [0.15, 0.2) is 24.3 Å². The summed E-state index contributed by atoms with van der Waals surface area (Å²) in [7, 11) is 0. The average Bonchev–Trinajstić information content (AvgIpc) is 2.14. The number of nitrogens with zero attached hydrogens (tertiary/aromatic N) is 1. The first-order chi connectivity index (χ1) is 6.27. The molecule has 0 fully saturated rings. The van der Waals surface area contributed by atoms with Gasteiger partial charge in [-0.25, -0.2) is 0 Å². The van der Waals surface area contributed by atoms with Crippen LogP contribution in [-0.2, 0) is 0 Å². The smallest absolute Gasteiger partial charge is 0.0368 e. The van der Waals surface area contributed by atoms with Crippen LogP contribution in [0.3, 0.4) is 0 Å². The zero-order valence-corrected chi connectivity index (χ0v) is 10.4. The average molecular weight is 289 g/mol. The molecule has 0 aliphatic carbocycles. The molecule has 0 saturated heterocycles. The maximum atomic E-state index is 2.42. The van der Waals surface area contributed by atoms with Crippen molar-refractivity contribution in [3.8, 4) is 0 Å². The third-order valence-electron chi connectivity index (χ3n) is 2.10. The van der Waals surface area contributed by atoms with Crippen molar-refractivity contribution < 1.29 is 0 Å². The first-order valence-corrected chi connectivity index (χ1v) is 6.18. The van der Waals surface area contributed by atoms with Gasteiger partial charge in [0.15, 0.2) is 0 Å². The fourth-order valence-electron chi connectivity index (χ4n) is 1.40. The van der Waals surface area contributed by atoms with E-state index >= 15 is 0 Å². The molecule has 0 aliphatic rings. The second-order valence-electron chi connectivity index (χ2n) is 3.11. The van der Waals surface area contributed by atoms with Crippen LogP contribution in [0, 0.1) is 6.92 Å². The Morgan fingerprint density at radius 3 is 2.69 bits per heavy atom. The molecular weight excluding hydrogens is 273 g/mol. The molecule has 0 spiro atoms. The van der Waals surface area contributed by atoms with Crippen molar-refractivity contribution in [2.24, 2.45) is 0 Å². The van der Waals surface area contributed by atoms with E-state index < -0.39 is 0 Å². The van der Waals surface area contributed by atoms with Gasteiger partial charge >= 0.3 is 0 Å². The lowest BCUT2D eigenvalue weighted by atomic mass is 10.2. The van der Waals surface area contributed by atoms with Gasteiger partial charge in [0.05, 0.1) is 0 Å². The molecule has 1 rings (SSSR count). The van der Waals surface area contributed by atoms with Crippen molar-refractivity contribution in [1.82, 2.24) is 0 Å². The number of anilines is 1. The number of hydrogen-bond donors (Lipinski definition) is 0. The second kappa shape index (κ2) is 5.47. The molecule has 1 aromatic carbocycles. The third kappa shape index (κ3) is 3.18. The highest BCUT2D eigenvalue weighted by Gasteiger charge is 2.01. The Labute approximate surface area is 94.3 Å². The van der Waals surface area contributed by atoms with Gasteiger partial charge in [-0.1, -0.05) is 34.7 Å². The molecule has 13 heavy (non-hydrogen) atoms. The molecule has 0 saturated carbocycles. The Morgan fingerprint density at radius 1 is 1.38 bits per heavy atom. The summed E-state index contributed by atoms with van der Waals surface area (Å²) in [5.74, 6) is 0. The molecule has 0 aliphatic heterocycles. The molecule has 0 N–H and O–H groups in total. The number of aryl methyl sites for hydroxylation is 1. The molecule has 72 valence electrons. The van der Waals surface area contributed by atoms with E-state index in [4.69, 9.17) is 0 Å². The third-order valence-corrected chi connectivity index (χ3v) is 2.59. The monoisotopic (exact) mass is 289 g/mol. The lowest BCUT2D eigenvalue weighted by molar-refractivity contribution is 0.878. The summed E-state index contributed by atoms with van der Waals surface area (Å²) in [6, 6.07) is 8.69. The van der Waals surface area contributed by atoms with Crippen LogP contribution in [0.1, 0.15) is 12.5 Å². The largest absolute Gasteiger partial charge is 0.371 e. The lowest BCUT2D eigenvalue weighted by Crippen LogP contribution is -2.24. The second-order valence-corrected chi connectivity index (χ2v) is 4.19. The highest BCUT2D eigenvalue weighted by Crippen LogP contribution is 2.15. The topological polar surface area (TPSA) is 3.24 Å². The van der Waals surface area contributed by atoms with Gasteiger partial charge in [-0.05, 0) is 31.5 Å². The van der Waals surface area contributed by atoms with Crippen LogP contribution in [0.25, 0.3) is 0 Å². The Bertz CT molecular complexity index is 260. The van der Waals surface area contributed by atoms with Gasteiger partial charge in [-0.3, -0.25) is 0 Å². The van der Waals surface area contributed by atoms with Crippen LogP contribution < -0.4 is 4.90 Å². The first kappa shape index (κ1) is 10.8. The van der Waals surface area contributed by atoms with E-state index in [1.54, 1.807) is 0 Å². The van der Waals surface area contributed by atoms with E-state index in [0.717, 1.165) is 13.1 Å². The van der Waals surface area contributed by atoms with Crippen molar-refractivity contribution in [3.05, 3.63) is 29.8 Å². The number of hydrogen-bond acceptors (Lipinski definition) is 1. The molecule has 0 aromatic heterocycles. The minimum Gasteiger partial charge on any atom is -0.371 e. The number of rotatable bonds is 4. The molecule has 1 nitrogen and oxygen atoms in total. The summed E-state index contributed by atoms with van der Waals surface area (Å²) in [4.78, 5) is 2.40. The predicted octanol–water partition coefficient (Wildman–Crippen LogP) is 3.26. The van der Waals surface area contributed by atoms with Crippen molar-refractivity contribution >= 4 is 28.3 Å². The number of benzene rings is 1. The zero-order chi connectivity index (χ0) is 9.68. The number of halogens is 1. The van der Waals surface area contributed by atoms with E-state index in [1.165, 1.54) is 15.7 Å². The van der Waals surface area contributed by atoms with E-state index in [-0.39, 0.29) is 0 Å². The Morgan fingerprint density at radius 2 is 2.15 bits per heavy atom. The van der Waals surface area contributed by atoms with Crippen molar-refractivity contribution in [2.75, 3.05) is 22.4 Å². The zero-order valence-electron chi connectivity index (χ0n) is 8.26. The quantitative estimate of drug-likeness (QED) is 0.607. The van der Waals surface area contributed by atoms with E-state index in [2.05, 4.69) is 65.6 Å². The maximum absolute atomic E-state index is 2.42. The van der Waals surface area contributed by atoms with Gasteiger partial charge in [0, 0.05) is 23.2 Å². The Balaban J connectivity index is 2.78. The van der Waals surface area contributed by atoms with Gasteiger partial charge in [0.1, 0.15) is 0 Å². The molecule has 1 aromatic rings. The lowest BCUT2D eigenvalue weighted by Gasteiger charge is -2.22. The van der Waals surface area contributed by atoms with E-state index in [1.807, 2.05) is 0 Å². The van der Waals surface area contributed by atoms with Crippen molar-refractivity contribution in [1.29, 1.82) is 0 Å². The molecule has 0 unspecified atom stereocenters. The first-order valence-electron chi connectivity index (χ1n) is 4.65. The summed E-state index contributed by atoms with van der Waals surface area (Å²) in [6.45, 7) is 6.57. The van der Waals surface area contributed by atoms with Gasteiger partial charge < -0.3 is 4.90 Å². The molecule has 2 heteroatoms. The molecule has 0 heterocycles. The van der Waals surface area contributed by atoms with Crippen molar-refractivity contribution in [3.63, 3.8) is 0 Å². The highest BCUT2D eigenvalue weighted by atomic mass is 127. The molecular formula is C11H16IN. The van der Waals surface area contributed by atoms with Gasteiger partial charge in [-0.2, -0.15) is 0 Å². The van der Waals surface area contributed by atoms with Gasteiger partial charge in [0.2, 0.25) is 0 Å². The minimum absolute atomic E-state index is 1.09. The summed E-state index contributed by atoms with van der Waals surface area (Å²) >= 11 is 2.42. The SMILES string of the molecule is CCN(CCI)c1cccc(C)c1. The van der Waals surface area contributed by atoms with E-state index in [9.17, 15) is 0 Å². The summed E-state index contributed by atoms with van der Waals surface area (Å²) in [5, 5.41) is 0. The van der Waals surface area contributed by atoms with Crippen LogP contribution in [0.2, 0.25) is 0 Å². The van der Waals surface area contributed by atoms with Crippen LogP contribution in [-0.4, -0.2) is 17.5 Å². The van der Waals surface area contributed by atoms with E-state index in [0.29, 0.717) is 0 Å². The Hall–Kier alpha value is -0.250. The Kier molecular flexibility index (Phi) is 4.56. The molecule has 0 amide bonds. The highest BCUT2D eigenvalue weighted by molar-refractivity contribution is 14.1. The summed E-state index contributed by atoms with van der Waals surface area (Å²) in [6.07, 6.45) is 0. The van der Waals surface area contributed by atoms with Gasteiger partial charge in [0.25, 0.3) is 0 Å². The molecule has 0 radical (unpaired) electrons. The minimum atomic E-state index is 1.09. The molecule has 0 bridgehead atoms. The van der Waals surface area contributed by atoms with Gasteiger partial charge in [-0.15, -0.1) is 0 Å². The summed E-state index contributed by atoms with van der Waals surface area (Å²) < 4.78 is 1.18.